The maximum absolute atomic E-state index is 10.6. The molecule has 0 amide bonds. The van der Waals surface area contributed by atoms with E-state index in [1.165, 1.54) is 12.8 Å². The van der Waals surface area contributed by atoms with Crippen molar-refractivity contribution in [1.82, 2.24) is 4.98 Å². The molecule has 0 unspecified atom stereocenters. The molecule has 0 atom stereocenters. The zero-order chi connectivity index (χ0) is 9.97. The number of anilines is 1. The summed E-state index contributed by atoms with van der Waals surface area (Å²) in [6.45, 7) is 2.01. The summed E-state index contributed by atoms with van der Waals surface area (Å²) in [6, 6.07) is 3.36. The van der Waals surface area contributed by atoms with Gasteiger partial charge in [0.2, 0.25) is 0 Å². The average Bonchev–Trinajstić information content (AvgIpc) is 2.69. The van der Waals surface area contributed by atoms with Crippen LogP contribution in [-0.4, -0.2) is 24.4 Å². The fourth-order valence-electron chi connectivity index (χ4n) is 1.68. The molecule has 1 fully saturated rings. The number of hydrogen-bond acceptors (Lipinski definition) is 3. The van der Waals surface area contributed by atoms with Crippen LogP contribution in [0.4, 0.5) is 5.82 Å². The highest BCUT2D eigenvalue weighted by Gasteiger charge is 2.14. The van der Waals surface area contributed by atoms with Gasteiger partial charge in [0.05, 0.1) is 0 Å². The molecule has 0 N–H and O–H groups in total. The molecule has 1 aromatic heterocycles. The normalized spacial score (nSPS) is 15.9. The van der Waals surface area contributed by atoms with Crippen LogP contribution in [-0.2, 0) is 0 Å². The van der Waals surface area contributed by atoms with Crippen molar-refractivity contribution in [2.45, 2.75) is 12.8 Å². The predicted molar refractivity (Wildman–Crippen MR) is 56.1 cm³/mol. The highest BCUT2D eigenvalue weighted by Crippen LogP contribution is 2.21. The van der Waals surface area contributed by atoms with E-state index in [-0.39, 0.29) is 0 Å². The number of nitrogens with zero attached hydrogens (tertiary/aromatic N) is 2. The Morgan fingerprint density at radius 3 is 2.71 bits per heavy atom. The summed E-state index contributed by atoms with van der Waals surface area (Å²) in [6.07, 6.45) is 3.17. The van der Waals surface area contributed by atoms with E-state index in [4.69, 9.17) is 11.6 Å². The smallest absolute Gasteiger partial charge is 0.150 e. The Hall–Kier alpha value is -1.09. The van der Waals surface area contributed by atoms with Gasteiger partial charge in [0.25, 0.3) is 0 Å². The first-order valence-electron chi connectivity index (χ1n) is 4.67. The SMILES string of the molecule is O=Cc1cc(Cl)nc(N2CCCC2)c1. The summed E-state index contributed by atoms with van der Waals surface area (Å²) in [5.41, 5.74) is 0.590. The Morgan fingerprint density at radius 2 is 2.07 bits per heavy atom. The van der Waals surface area contributed by atoms with Crippen molar-refractivity contribution >= 4 is 23.7 Å². The number of pyridine rings is 1. The minimum Gasteiger partial charge on any atom is -0.357 e. The van der Waals surface area contributed by atoms with Crippen LogP contribution in [0.2, 0.25) is 5.15 Å². The molecular weight excluding hydrogens is 200 g/mol. The van der Waals surface area contributed by atoms with Gasteiger partial charge in [0.1, 0.15) is 17.3 Å². The van der Waals surface area contributed by atoms with Gasteiger partial charge in [0, 0.05) is 18.7 Å². The molecule has 0 saturated carbocycles. The Kier molecular flexibility index (Phi) is 2.68. The standard InChI is InChI=1S/C10H11ClN2O/c11-9-5-8(7-14)6-10(12-9)13-3-1-2-4-13/h5-7H,1-4H2. The van der Waals surface area contributed by atoms with Gasteiger partial charge in [-0.15, -0.1) is 0 Å². The summed E-state index contributed by atoms with van der Waals surface area (Å²) < 4.78 is 0. The lowest BCUT2D eigenvalue weighted by molar-refractivity contribution is 0.112. The number of carbonyl (C=O) groups excluding carboxylic acids is 1. The number of aromatic nitrogens is 1. The van der Waals surface area contributed by atoms with E-state index in [1.807, 2.05) is 0 Å². The van der Waals surface area contributed by atoms with E-state index in [0.717, 1.165) is 25.2 Å². The molecule has 1 aliphatic heterocycles. The average molecular weight is 211 g/mol. The van der Waals surface area contributed by atoms with Gasteiger partial charge in [-0.3, -0.25) is 4.79 Å². The molecule has 3 nitrogen and oxygen atoms in total. The molecule has 14 heavy (non-hydrogen) atoms. The lowest BCUT2D eigenvalue weighted by atomic mass is 10.3. The number of rotatable bonds is 2. The van der Waals surface area contributed by atoms with Crippen molar-refractivity contribution in [1.29, 1.82) is 0 Å². The van der Waals surface area contributed by atoms with Gasteiger partial charge in [-0.2, -0.15) is 0 Å². The minimum atomic E-state index is 0.386. The first-order valence-corrected chi connectivity index (χ1v) is 5.05. The molecule has 4 heteroatoms. The molecule has 74 valence electrons. The Morgan fingerprint density at radius 1 is 1.36 bits per heavy atom. The summed E-state index contributed by atoms with van der Waals surface area (Å²) >= 11 is 5.81. The van der Waals surface area contributed by atoms with E-state index in [2.05, 4.69) is 9.88 Å². The molecule has 1 aliphatic rings. The van der Waals surface area contributed by atoms with E-state index < -0.39 is 0 Å². The highest BCUT2D eigenvalue weighted by atomic mass is 35.5. The largest absolute Gasteiger partial charge is 0.357 e. The maximum Gasteiger partial charge on any atom is 0.150 e. The quantitative estimate of drug-likeness (QED) is 0.554. The van der Waals surface area contributed by atoms with Gasteiger partial charge < -0.3 is 4.90 Å². The van der Waals surface area contributed by atoms with Crippen molar-refractivity contribution < 1.29 is 4.79 Å². The molecule has 0 radical (unpaired) electrons. The van der Waals surface area contributed by atoms with Crippen LogP contribution < -0.4 is 4.90 Å². The topological polar surface area (TPSA) is 33.2 Å². The second-order valence-electron chi connectivity index (χ2n) is 3.39. The lowest BCUT2D eigenvalue weighted by Crippen LogP contribution is -2.19. The van der Waals surface area contributed by atoms with Crippen molar-refractivity contribution in [2.75, 3.05) is 18.0 Å². The number of halogens is 1. The third-order valence-electron chi connectivity index (χ3n) is 2.37. The third kappa shape index (κ3) is 1.87. The Labute approximate surface area is 87.7 Å². The Balaban J connectivity index is 2.31. The molecule has 0 spiro atoms. The van der Waals surface area contributed by atoms with Crippen LogP contribution in [0.25, 0.3) is 0 Å². The second-order valence-corrected chi connectivity index (χ2v) is 3.78. The predicted octanol–water partition coefficient (Wildman–Crippen LogP) is 2.15. The fraction of sp³-hybridized carbons (Fsp3) is 0.400. The van der Waals surface area contributed by atoms with Gasteiger partial charge in [-0.25, -0.2) is 4.98 Å². The Bertz CT molecular complexity index is 348. The summed E-state index contributed by atoms with van der Waals surface area (Å²) in [5.74, 6) is 0.817. The van der Waals surface area contributed by atoms with Gasteiger partial charge in [-0.1, -0.05) is 11.6 Å². The zero-order valence-electron chi connectivity index (χ0n) is 7.74. The molecule has 1 saturated heterocycles. The van der Waals surface area contributed by atoms with Crippen molar-refractivity contribution in [3.8, 4) is 0 Å². The fourth-order valence-corrected chi connectivity index (χ4v) is 1.89. The first kappa shape index (κ1) is 9.46. The molecular formula is C10H11ClN2O. The monoisotopic (exact) mass is 210 g/mol. The summed E-state index contributed by atoms with van der Waals surface area (Å²) in [7, 11) is 0. The van der Waals surface area contributed by atoms with Gasteiger partial charge in [0.15, 0.2) is 0 Å². The number of hydrogen-bond donors (Lipinski definition) is 0. The molecule has 0 aliphatic carbocycles. The third-order valence-corrected chi connectivity index (χ3v) is 2.56. The van der Waals surface area contributed by atoms with Crippen LogP contribution in [0.15, 0.2) is 12.1 Å². The van der Waals surface area contributed by atoms with Gasteiger partial charge >= 0.3 is 0 Å². The number of aldehydes is 1. The van der Waals surface area contributed by atoms with Crippen LogP contribution in [0.1, 0.15) is 23.2 Å². The molecule has 0 aromatic carbocycles. The van der Waals surface area contributed by atoms with Crippen LogP contribution in [0.5, 0.6) is 0 Å². The molecule has 0 bridgehead atoms. The number of carbonyl (C=O) groups is 1. The van der Waals surface area contributed by atoms with Crippen molar-refractivity contribution in [3.63, 3.8) is 0 Å². The van der Waals surface area contributed by atoms with Crippen molar-refractivity contribution in [3.05, 3.63) is 22.8 Å². The van der Waals surface area contributed by atoms with E-state index in [1.54, 1.807) is 12.1 Å². The maximum atomic E-state index is 10.6. The van der Waals surface area contributed by atoms with E-state index in [9.17, 15) is 4.79 Å². The molecule has 2 rings (SSSR count). The lowest BCUT2D eigenvalue weighted by Gasteiger charge is -2.16. The minimum absolute atomic E-state index is 0.386. The molecule has 1 aromatic rings. The summed E-state index contributed by atoms with van der Waals surface area (Å²) in [5, 5.41) is 0.386. The van der Waals surface area contributed by atoms with Crippen LogP contribution >= 0.6 is 11.6 Å². The highest BCUT2D eigenvalue weighted by molar-refractivity contribution is 6.29. The van der Waals surface area contributed by atoms with Crippen molar-refractivity contribution in [2.24, 2.45) is 0 Å². The van der Waals surface area contributed by atoms with E-state index in [0.29, 0.717) is 10.7 Å². The summed E-state index contributed by atoms with van der Waals surface area (Å²) in [4.78, 5) is 17.0. The second kappa shape index (κ2) is 3.96. The van der Waals surface area contributed by atoms with E-state index >= 15 is 0 Å². The zero-order valence-corrected chi connectivity index (χ0v) is 8.50. The first-order chi connectivity index (χ1) is 6.79. The van der Waals surface area contributed by atoms with Gasteiger partial charge in [-0.05, 0) is 25.0 Å². The molecule has 2 heterocycles. The van der Waals surface area contributed by atoms with Crippen LogP contribution in [0.3, 0.4) is 0 Å². The van der Waals surface area contributed by atoms with Crippen LogP contribution in [0, 0.1) is 0 Å².